The van der Waals surface area contributed by atoms with Crippen LogP contribution in [0.5, 0.6) is 0 Å². The first-order valence-corrected chi connectivity index (χ1v) is 6.57. The smallest absolute Gasteiger partial charge is 0.372 e. The molecular weight excluding hydrogens is 346 g/mol. The fourth-order valence-electron chi connectivity index (χ4n) is 2.09. The SMILES string of the molecule is OC(c1ccc(Cl)cc1)(c1ccc(C(F)(F)F)cc1)C(F)(F)F. The minimum Gasteiger partial charge on any atom is -0.372 e. The lowest BCUT2D eigenvalue weighted by Gasteiger charge is -2.31. The third-order valence-electron chi connectivity index (χ3n) is 3.30. The van der Waals surface area contributed by atoms with E-state index < -0.39 is 34.6 Å². The van der Waals surface area contributed by atoms with E-state index >= 15 is 0 Å². The Morgan fingerprint density at radius 3 is 1.35 bits per heavy atom. The minimum absolute atomic E-state index is 0.158. The van der Waals surface area contributed by atoms with Crippen molar-refractivity contribution in [2.24, 2.45) is 0 Å². The van der Waals surface area contributed by atoms with Crippen molar-refractivity contribution in [1.82, 2.24) is 0 Å². The summed E-state index contributed by atoms with van der Waals surface area (Å²) in [5.74, 6) is 0. The number of halogens is 7. The van der Waals surface area contributed by atoms with E-state index in [-0.39, 0.29) is 5.02 Å². The Labute approximate surface area is 132 Å². The van der Waals surface area contributed by atoms with E-state index in [0.717, 1.165) is 24.3 Å². The normalized spacial score (nSPS) is 15.3. The molecule has 0 fully saturated rings. The number of rotatable bonds is 2. The number of aliphatic hydroxyl groups is 1. The summed E-state index contributed by atoms with van der Waals surface area (Å²) in [4.78, 5) is 0. The molecule has 1 unspecified atom stereocenters. The Balaban J connectivity index is 2.58. The average Bonchev–Trinajstić information content (AvgIpc) is 2.45. The second-order valence-corrected chi connectivity index (χ2v) is 5.23. The highest BCUT2D eigenvalue weighted by atomic mass is 35.5. The largest absolute Gasteiger partial charge is 0.425 e. The Morgan fingerprint density at radius 2 is 1.00 bits per heavy atom. The maximum Gasteiger partial charge on any atom is 0.425 e. The first kappa shape index (κ1) is 17.6. The van der Waals surface area contributed by atoms with E-state index in [0.29, 0.717) is 24.3 Å². The van der Waals surface area contributed by atoms with Crippen LogP contribution in [0.4, 0.5) is 26.3 Å². The number of hydrogen-bond donors (Lipinski definition) is 1. The van der Waals surface area contributed by atoms with Crippen molar-refractivity contribution < 1.29 is 31.4 Å². The first-order chi connectivity index (χ1) is 10.5. The lowest BCUT2D eigenvalue weighted by Crippen LogP contribution is -2.43. The Kier molecular flexibility index (Phi) is 4.38. The molecule has 0 amide bonds. The molecule has 23 heavy (non-hydrogen) atoms. The van der Waals surface area contributed by atoms with E-state index in [9.17, 15) is 31.4 Å². The van der Waals surface area contributed by atoms with Gasteiger partial charge in [0.25, 0.3) is 0 Å². The molecule has 2 aromatic carbocycles. The highest BCUT2D eigenvalue weighted by Crippen LogP contribution is 2.45. The van der Waals surface area contributed by atoms with Crippen molar-refractivity contribution in [3.63, 3.8) is 0 Å². The minimum atomic E-state index is -5.14. The quantitative estimate of drug-likeness (QED) is 0.739. The zero-order valence-corrected chi connectivity index (χ0v) is 12.0. The zero-order valence-electron chi connectivity index (χ0n) is 11.2. The van der Waals surface area contributed by atoms with Gasteiger partial charge in [0, 0.05) is 5.02 Å². The molecule has 0 radical (unpaired) electrons. The zero-order chi connectivity index (χ0) is 17.5. The molecule has 0 aromatic heterocycles. The summed E-state index contributed by atoms with van der Waals surface area (Å²) < 4.78 is 77.8. The molecule has 8 heteroatoms. The van der Waals surface area contributed by atoms with E-state index in [4.69, 9.17) is 11.6 Å². The van der Waals surface area contributed by atoms with Crippen molar-refractivity contribution in [3.8, 4) is 0 Å². The predicted octanol–water partition coefficient (Wildman–Crippen LogP) is 5.16. The summed E-state index contributed by atoms with van der Waals surface area (Å²) in [6.07, 6.45) is -9.82. The van der Waals surface area contributed by atoms with Crippen LogP contribution in [0, 0.1) is 0 Å². The highest BCUT2D eigenvalue weighted by Gasteiger charge is 2.56. The van der Waals surface area contributed by atoms with Gasteiger partial charge in [-0.15, -0.1) is 0 Å². The van der Waals surface area contributed by atoms with Gasteiger partial charge in [-0.05, 0) is 35.4 Å². The molecule has 0 saturated heterocycles. The average molecular weight is 355 g/mol. The highest BCUT2D eigenvalue weighted by molar-refractivity contribution is 6.30. The summed E-state index contributed by atoms with van der Waals surface area (Å²) in [5, 5.41) is 10.4. The van der Waals surface area contributed by atoms with Crippen molar-refractivity contribution in [2.45, 2.75) is 18.0 Å². The van der Waals surface area contributed by atoms with Gasteiger partial charge in [-0.3, -0.25) is 0 Å². The third-order valence-corrected chi connectivity index (χ3v) is 3.55. The Hall–Kier alpha value is -1.73. The van der Waals surface area contributed by atoms with Crippen LogP contribution in [0.15, 0.2) is 48.5 Å². The van der Waals surface area contributed by atoms with Gasteiger partial charge in [-0.25, -0.2) is 0 Å². The molecule has 1 nitrogen and oxygen atoms in total. The molecule has 0 aliphatic rings. The van der Waals surface area contributed by atoms with Crippen LogP contribution < -0.4 is 0 Å². The first-order valence-electron chi connectivity index (χ1n) is 6.19. The van der Waals surface area contributed by atoms with E-state index in [2.05, 4.69) is 0 Å². The van der Waals surface area contributed by atoms with Crippen LogP contribution in [-0.2, 0) is 11.8 Å². The van der Waals surface area contributed by atoms with Crippen molar-refractivity contribution in [2.75, 3.05) is 0 Å². The van der Waals surface area contributed by atoms with Gasteiger partial charge in [-0.1, -0.05) is 35.9 Å². The van der Waals surface area contributed by atoms with Crippen LogP contribution in [0.2, 0.25) is 5.02 Å². The van der Waals surface area contributed by atoms with Crippen LogP contribution in [0.1, 0.15) is 16.7 Å². The van der Waals surface area contributed by atoms with Crippen LogP contribution in [0.3, 0.4) is 0 Å². The second kappa shape index (κ2) is 5.72. The summed E-state index contributed by atoms with van der Waals surface area (Å²) >= 11 is 5.61. The Morgan fingerprint density at radius 1 is 0.652 bits per heavy atom. The fraction of sp³-hybridized carbons (Fsp3) is 0.200. The summed E-state index contributed by atoms with van der Waals surface area (Å²) in [6.45, 7) is 0. The molecule has 2 aromatic rings. The van der Waals surface area contributed by atoms with E-state index in [1.807, 2.05) is 0 Å². The second-order valence-electron chi connectivity index (χ2n) is 4.79. The van der Waals surface area contributed by atoms with Gasteiger partial charge in [-0.2, -0.15) is 26.3 Å². The maximum atomic E-state index is 13.4. The van der Waals surface area contributed by atoms with Gasteiger partial charge >= 0.3 is 12.4 Å². The van der Waals surface area contributed by atoms with Crippen LogP contribution >= 0.6 is 11.6 Å². The standard InChI is InChI=1S/C15H9ClF6O/c16-12-7-5-10(6-8-12)13(23,15(20,21)22)9-1-3-11(4-2-9)14(17,18)19/h1-8,23H. The molecular formula is C15H9ClF6O. The maximum absolute atomic E-state index is 13.4. The summed E-state index contributed by atoms with van der Waals surface area (Å²) in [6, 6.07) is 6.41. The molecule has 0 aliphatic heterocycles. The van der Waals surface area contributed by atoms with Gasteiger partial charge < -0.3 is 5.11 Å². The fourth-order valence-corrected chi connectivity index (χ4v) is 2.21. The predicted molar refractivity (Wildman–Crippen MR) is 71.9 cm³/mol. The van der Waals surface area contributed by atoms with Crippen molar-refractivity contribution in [3.05, 3.63) is 70.2 Å². The molecule has 124 valence electrons. The Bertz CT molecular complexity index is 675. The molecule has 0 bridgehead atoms. The van der Waals surface area contributed by atoms with Gasteiger partial charge in [0.2, 0.25) is 5.60 Å². The monoisotopic (exact) mass is 354 g/mol. The van der Waals surface area contributed by atoms with Gasteiger partial charge in [0.1, 0.15) is 0 Å². The molecule has 1 atom stereocenters. The molecule has 1 N–H and O–H groups in total. The van der Waals surface area contributed by atoms with Crippen LogP contribution in [-0.4, -0.2) is 11.3 Å². The molecule has 0 aliphatic carbocycles. The molecule has 2 rings (SSSR count). The lowest BCUT2D eigenvalue weighted by molar-refractivity contribution is -0.248. The van der Waals surface area contributed by atoms with Gasteiger partial charge in [0.05, 0.1) is 5.56 Å². The topological polar surface area (TPSA) is 20.2 Å². The lowest BCUT2D eigenvalue weighted by atomic mass is 9.85. The van der Waals surface area contributed by atoms with Crippen molar-refractivity contribution in [1.29, 1.82) is 0 Å². The van der Waals surface area contributed by atoms with E-state index in [1.165, 1.54) is 0 Å². The number of hydrogen-bond acceptors (Lipinski definition) is 1. The van der Waals surface area contributed by atoms with Gasteiger partial charge in [0.15, 0.2) is 0 Å². The number of benzene rings is 2. The van der Waals surface area contributed by atoms with E-state index in [1.54, 1.807) is 0 Å². The summed E-state index contributed by atoms with van der Waals surface area (Å²) in [5.41, 5.74) is -5.82. The summed E-state index contributed by atoms with van der Waals surface area (Å²) in [7, 11) is 0. The number of alkyl halides is 6. The van der Waals surface area contributed by atoms with Crippen molar-refractivity contribution >= 4 is 11.6 Å². The molecule has 0 heterocycles. The third kappa shape index (κ3) is 3.30. The van der Waals surface area contributed by atoms with Crippen LogP contribution in [0.25, 0.3) is 0 Å². The molecule has 0 spiro atoms. The molecule has 0 saturated carbocycles.